The fourth-order valence-corrected chi connectivity index (χ4v) is 1.77. The van der Waals surface area contributed by atoms with Gasteiger partial charge in [-0.3, -0.25) is 0 Å². The van der Waals surface area contributed by atoms with E-state index in [2.05, 4.69) is 10.1 Å². The summed E-state index contributed by atoms with van der Waals surface area (Å²) >= 11 is 0. The molecule has 1 atom stereocenters. The molecule has 1 heterocycles. The molecule has 1 unspecified atom stereocenters. The topological polar surface area (TPSA) is 47.6 Å². The number of esters is 1. The van der Waals surface area contributed by atoms with Crippen molar-refractivity contribution in [3.05, 3.63) is 24.0 Å². The first-order valence-corrected chi connectivity index (χ1v) is 5.58. The predicted octanol–water partition coefficient (Wildman–Crippen LogP) is 2.20. The van der Waals surface area contributed by atoms with Gasteiger partial charge in [0.05, 0.1) is 20.1 Å². The second-order valence-electron chi connectivity index (χ2n) is 4.17. The van der Waals surface area contributed by atoms with Crippen LogP contribution in [0, 0.1) is 5.82 Å². The zero-order valence-corrected chi connectivity index (χ0v) is 10.1. The first kappa shape index (κ1) is 13.5. The first-order valence-electron chi connectivity index (χ1n) is 5.58. The molecule has 1 aromatic carbocycles. The molecule has 0 saturated carbocycles. The lowest BCUT2D eigenvalue weighted by Crippen LogP contribution is -2.22. The highest BCUT2D eigenvalue weighted by Gasteiger charge is 2.50. The van der Waals surface area contributed by atoms with Crippen molar-refractivity contribution >= 4 is 11.7 Å². The van der Waals surface area contributed by atoms with Gasteiger partial charge in [0.2, 0.25) is 0 Å². The van der Waals surface area contributed by atoms with Crippen LogP contribution in [0.25, 0.3) is 0 Å². The van der Waals surface area contributed by atoms with Gasteiger partial charge in [0, 0.05) is 11.8 Å². The lowest BCUT2D eigenvalue weighted by Gasteiger charge is -2.12. The highest BCUT2D eigenvalue weighted by molar-refractivity contribution is 5.79. The lowest BCUT2D eigenvalue weighted by molar-refractivity contribution is -0.158. The Labute approximate surface area is 107 Å². The van der Waals surface area contributed by atoms with Crippen LogP contribution >= 0.6 is 0 Å². The summed E-state index contributed by atoms with van der Waals surface area (Å²) in [6.07, 6.45) is -1.59. The molecule has 1 aromatic rings. The quantitative estimate of drug-likeness (QED) is 0.856. The van der Waals surface area contributed by atoms with E-state index in [1.54, 1.807) is 0 Å². The van der Waals surface area contributed by atoms with E-state index in [1.807, 2.05) is 0 Å². The maximum atomic E-state index is 13.4. The Morgan fingerprint density at radius 3 is 2.79 bits per heavy atom. The number of halogens is 3. The molecule has 0 aromatic heterocycles. The number of hydrogen-bond donors (Lipinski definition) is 1. The smallest absolute Gasteiger partial charge is 0.377 e. The van der Waals surface area contributed by atoms with Gasteiger partial charge in [-0.15, -0.1) is 0 Å². The summed E-state index contributed by atoms with van der Waals surface area (Å²) in [6, 6.07) is 4.12. The van der Waals surface area contributed by atoms with Crippen LogP contribution in [0.2, 0.25) is 0 Å². The third-order valence-electron chi connectivity index (χ3n) is 2.74. The number of methoxy groups -OCH3 is 1. The van der Waals surface area contributed by atoms with Gasteiger partial charge in [0.15, 0.2) is 11.6 Å². The van der Waals surface area contributed by atoms with E-state index in [-0.39, 0.29) is 12.3 Å². The van der Waals surface area contributed by atoms with Crippen LogP contribution in [-0.4, -0.2) is 31.7 Å². The lowest BCUT2D eigenvalue weighted by atomic mass is 10.2. The summed E-state index contributed by atoms with van der Waals surface area (Å²) in [5.74, 6) is -5.43. The molecule has 1 saturated heterocycles. The molecule has 0 bridgehead atoms. The third kappa shape index (κ3) is 2.91. The number of alkyl halides is 2. The van der Waals surface area contributed by atoms with Gasteiger partial charge in [-0.2, -0.15) is 8.78 Å². The van der Waals surface area contributed by atoms with E-state index in [4.69, 9.17) is 4.74 Å². The standard InChI is InChI=1S/C12H12F3NO3/c1-18-10-3-2-7(4-9(10)13)16-6-8-5-12(14,15)11(17)19-8/h2-4,8,16H,5-6H2,1H3. The second-order valence-corrected chi connectivity index (χ2v) is 4.17. The average Bonchev–Trinajstić information content (AvgIpc) is 2.61. The number of benzene rings is 1. The molecular formula is C12H12F3NO3. The van der Waals surface area contributed by atoms with E-state index in [0.717, 1.165) is 0 Å². The Bertz CT molecular complexity index is 493. The molecule has 4 nitrogen and oxygen atoms in total. The zero-order valence-electron chi connectivity index (χ0n) is 10.1. The Morgan fingerprint density at radius 1 is 1.53 bits per heavy atom. The average molecular weight is 275 g/mol. The van der Waals surface area contributed by atoms with E-state index >= 15 is 0 Å². The highest BCUT2D eigenvalue weighted by Crippen LogP contribution is 2.31. The summed E-state index contributed by atoms with van der Waals surface area (Å²) in [5, 5.41) is 2.73. The number of anilines is 1. The highest BCUT2D eigenvalue weighted by atomic mass is 19.3. The van der Waals surface area contributed by atoms with E-state index in [1.165, 1.54) is 25.3 Å². The molecule has 0 amide bonds. The molecular weight excluding hydrogens is 263 g/mol. The number of ether oxygens (including phenoxy) is 2. The number of nitrogens with one attached hydrogen (secondary N) is 1. The van der Waals surface area contributed by atoms with Crippen molar-refractivity contribution in [2.75, 3.05) is 19.0 Å². The number of carbonyl (C=O) groups is 1. The molecule has 1 fully saturated rings. The van der Waals surface area contributed by atoms with Crippen LogP contribution in [0.15, 0.2) is 18.2 Å². The molecule has 104 valence electrons. The Morgan fingerprint density at radius 2 is 2.26 bits per heavy atom. The van der Waals surface area contributed by atoms with Crippen molar-refractivity contribution in [3.63, 3.8) is 0 Å². The minimum absolute atomic E-state index is 0.00685. The van der Waals surface area contributed by atoms with Gasteiger partial charge in [-0.1, -0.05) is 0 Å². The summed E-state index contributed by atoms with van der Waals surface area (Å²) < 4.78 is 48.4. The third-order valence-corrected chi connectivity index (χ3v) is 2.74. The van der Waals surface area contributed by atoms with Crippen molar-refractivity contribution in [3.8, 4) is 5.75 Å². The maximum Gasteiger partial charge on any atom is 0.377 e. The van der Waals surface area contributed by atoms with Crippen molar-refractivity contribution < 1.29 is 27.4 Å². The van der Waals surface area contributed by atoms with E-state index in [9.17, 15) is 18.0 Å². The Hall–Kier alpha value is -1.92. The first-order chi connectivity index (χ1) is 8.92. The van der Waals surface area contributed by atoms with Crippen LogP contribution in [0.3, 0.4) is 0 Å². The predicted molar refractivity (Wildman–Crippen MR) is 60.9 cm³/mol. The summed E-state index contributed by atoms with van der Waals surface area (Å²) in [7, 11) is 1.34. The maximum absolute atomic E-state index is 13.4. The van der Waals surface area contributed by atoms with Crippen LogP contribution < -0.4 is 10.1 Å². The van der Waals surface area contributed by atoms with Gasteiger partial charge in [-0.05, 0) is 12.1 Å². The van der Waals surface area contributed by atoms with E-state index in [0.29, 0.717) is 5.69 Å². The molecule has 2 rings (SSSR count). The van der Waals surface area contributed by atoms with Gasteiger partial charge in [-0.25, -0.2) is 9.18 Å². The van der Waals surface area contributed by atoms with Gasteiger partial charge < -0.3 is 14.8 Å². The molecule has 1 aliphatic heterocycles. The normalized spacial score (nSPS) is 21.1. The molecule has 0 spiro atoms. The number of hydrogen-bond acceptors (Lipinski definition) is 4. The molecule has 7 heteroatoms. The van der Waals surface area contributed by atoms with Crippen LogP contribution in [-0.2, 0) is 9.53 Å². The summed E-state index contributed by atoms with van der Waals surface area (Å²) in [4.78, 5) is 10.8. The number of rotatable bonds is 4. The fraction of sp³-hybridized carbons (Fsp3) is 0.417. The number of carbonyl (C=O) groups excluding carboxylic acids is 1. The van der Waals surface area contributed by atoms with Crippen LogP contribution in [0.4, 0.5) is 18.9 Å². The minimum Gasteiger partial charge on any atom is -0.494 e. The van der Waals surface area contributed by atoms with Gasteiger partial charge >= 0.3 is 11.9 Å². The Kier molecular flexibility index (Phi) is 3.55. The van der Waals surface area contributed by atoms with Crippen molar-refractivity contribution in [2.24, 2.45) is 0 Å². The van der Waals surface area contributed by atoms with Gasteiger partial charge in [0.25, 0.3) is 0 Å². The summed E-state index contributed by atoms with van der Waals surface area (Å²) in [5.41, 5.74) is 0.393. The minimum atomic E-state index is -3.43. The SMILES string of the molecule is COc1ccc(NCC2CC(F)(F)C(=O)O2)cc1F. The van der Waals surface area contributed by atoms with Crippen molar-refractivity contribution in [1.29, 1.82) is 0 Å². The van der Waals surface area contributed by atoms with E-state index < -0.39 is 30.2 Å². The monoisotopic (exact) mass is 275 g/mol. The molecule has 19 heavy (non-hydrogen) atoms. The zero-order chi connectivity index (χ0) is 14.0. The largest absolute Gasteiger partial charge is 0.494 e. The fourth-order valence-electron chi connectivity index (χ4n) is 1.77. The van der Waals surface area contributed by atoms with Crippen LogP contribution in [0.1, 0.15) is 6.42 Å². The molecule has 1 aliphatic rings. The van der Waals surface area contributed by atoms with Crippen molar-refractivity contribution in [2.45, 2.75) is 18.4 Å². The molecule has 1 N–H and O–H groups in total. The molecule has 0 radical (unpaired) electrons. The van der Waals surface area contributed by atoms with Crippen LogP contribution in [0.5, 0.6) is 5.75 Å². The van der Waals surface area contributed by atoms with Crippen molar-refractivity contribution in [1.82, 2.24) is 0 Å². The Balaban J connectivity index is 1.93. The van der Waals surface area contributed by atoms with Gasteiger partial charge in [0.1, 0.15) is 6.10 Å². The molecule has 0 aliphatic carbocycles. The summed E-state index contributed by atoms with van der Waals surface area (Å²) in [6.45, 7) is -0.00685. The second kappa shape index (κ2) is 4.99. The number of cyclic esters (lactones) is 1.